The molecule has 59 valence electrons. The molecule has 0 amide bonds. The zero-order chi connectivity index (χ0) is 7.98. The molecule has 2 nitrogen and oxygen atoms in total. The Bertz CT molecular complexity index is 108. The van der Waals surface area contributed by atoms with E-state index >= 15 is 0 Å². The predicted molar refractivity (Wildman–Crippen MR) is 43.9 cm³/mol. The van der Waals surface area contributed by atoms with E-state index in [1.54, 1.807) is 0 Å². The van der Waals surface area contributed by atoms with Gasteiger partial charge >= 0.3 is 0 Å². The van der Waals surface area contributed by atoms with Gasteiger partial charge in [0.2, 0.25) is 0 Å². The van der Waals surface area contributed by atoms with Crippen LogP contribution in [0.15, 0.2) is 5.16 Å². The van der Waals surface area contributed by atoms with E-state index in [0.717, 1.165) is 12.1 Å². The van der Waals surface area contributed by atoms with E-state index < -0.39 is 0 Å². The van der Waals surface area contributed by atoms with E-state index in [2.05, 4.69) is 25.9 Å². The molecule has 0 aliphatic rings. The van der Waals surface area contributed by atoms with Crippen LogP contribution < -0.4 is 0 Å². The van der Waals surface area contributed by atoms with Crippen LogP contribution in [0.25, 0.3) is 0 Å². The summed E-state index contributed by atoms with van der Waals surface area (Å²) in [5.74, 6) is 0.536. The minimum atomic E-state index is 0.536. The first-order valence-corrected chi connectivity index (χ1v) is 3.67. The second-order valence-corrected chi connectivity index (χ2v) is 2.70. The molecule has 1 radical (unpaired) electrons. The second-order valence-electron chi connectivity index (χ2n) is 2.70. The van der Waals surface area contributed by atoms with Crippen molar-refractivity contribution in [2.75, 3.05) is 6.61 Å². The van der Waals surface area contributed by atoms with Crippen LogP contribution in [0.3, 0.4) is 0 Å². The first kappa shape index (κ1) is 9.47. The van der Waals surface area contributed by atoms with E-state index in [4.69, 9.17) is 4.84 Å². The van der Waals surface area contributed by atoms with Crippen LogP contribution in [0.1, 0.15) is 27.2 Å². The van der Waals surface area contributed by atoms with Crippen LogP contribution in [0.5, 0.6) is 0 Å². The molecule has 0 rings (SSSR count). The lowest BCUT2D eigenvalue weighted by Gasteiger charge is -2.02. The van der Waals surface area contributed by atoms with Crippen molar-refractivity contribution in [1.82, 2.24) is 0 Å². The first-order chi connectivity index (χ1) is 4.66. The summed E-state index contributed by atoms with van der Waals surface area (Å²) in [4.78, 5) is 4.97. The van der Waals surface area contributed by atoms with Gasteiger partial charge in [-0.1, -0.05) is 25.9 Å². The number of nitrogens with zero attached hydrogens (tertiary/aromatic N) is 1. The third-order valence-electron chi connectivity index (χ3n) is 1.01. The highest BCUT2D eigenvalue weighted by Crippen LogP contribution is 1.93. The molecule has 0 saturated heterocycles. The Kier molecular flexibility index (Phi) is 4.99. The van der Waals surface area contributed by atoms with E-state index in [1.165, 1.54) is 0 Å². The maximum absolute atomic E-state index is 4.97. The lowest BCUT2D eigenvalue weighted by Crippen LogP contribution is -1.99. The second kappa shape index (κ2) is 5.27. The average Bonchev–Trinajstić information content (AvgIpc) is 1.87. The van der Waals surface area contributed by atoms with Gasteiger partial charge in [0.1, 0.15) is 6.61 Å². The minimum absolute atomic E-state index is 0.536. The quantitative estimate of drug-likeness (QED) is 0.436. The van der Waals surface area contributed by atoms with Crippen molar-refractivity contribution < 1.29 is 4.84 Å². The largest absolute Gasteiger partial charge is 0.396 e. The molecule has 0 N–H and O–H groups in total. The molecule has 0 unspecified atom stereocenters. The zero-order valence-corrected chi connectivity index (χ0v) is 7.05. The summed E-state index contributed by atoms with van der Waals surface area (Å²) >= 11 is 0. The molecule has 0 bridgehead atoms. The van der Waals surface area contributed by atoms with Gasteiger partial charge in [0.15, 0.2) is 0 Å². The minimum Gasteiger partial charge on any atom is -0.396 e. The summed E-state index contributed by atoms with van der Waals surface area (Å²) < 4.78 is 0. The Balaban J connectivity index is 3.34. The lowest BCUT2D eigenvalue weighted by molar-refractivity contribution is 0.118. The van der Waals surface area contributed by atoms with Crippen molar-refractivity contribution >= 4 is 5.71 Å². The van der Waals surface area contributed by atoms with E-state index in [1.807, 2.05) is 6.92 Å². The molecule has 0 aromatic heterocycles. The third-order valence-corrected chi connectivity index (χ3v) is 1.01. The van der Waals surface area contributed by atoms with Gasteiger partial charge in [-0.25, -0.2) is 0 Å². The SMILES string of the molecule is [CH2]/C(CC)=N/OCC(C)C. The highest BCUT2D eigenvalue weighted by atomic mass is 16.6. The number of rotatable bonds is 4. The van der Waals surface area contributed by atoms with E-state index in [9.17, 15) is 0 Å². The lowest BCUT2D eigenvalue weighted by atomic mass is 10.2. The molecular weight excluding hydrogens is 126 g/mol. The van der Waals surface area contributed by atoms with Crippen molar-refractivity contribution in [3.8, 4) is 0 Å². The van der Waals surface area contributed by atoms with E-state index in [-0.39, 0.29) is 0 Å². The zero-order valence-electron chi connectivity index (χ0n) is 7.05. The number of hydrogen-bond donors (Lipinski definition) is 0. The Morgan fingerprint density at radius 3 is 2.60 bits per heavy atom. The normalized spacial score (nSPS) is 12.3. The standard InChI is InChI=1S/C8H16NO/c1-5-8(4)9-10-6-7(2)3/h7H,4-6H2,1-3H3/b9-8-. The molecule has 0 aliphatic heterocycles. The fourth-order valence-corrected chi connectivity index (χ4v) is 0.342. The van der Waals surface area contributed by atoms with Crippen molar-refractivity contribution in [1.29, 1.82) is 0 Å². The van der Waals surface area contributed by atoms with Gasteiger partial charge in [0.05, 0.1) is 5.71 Å². The van der Waals surface area contributed by atoms with E-state index in [0.29, 0.717) is 12.5 Å². The van der Waals surface area contributed by atoms with Crippen LogP contribution in [0.2, 0.25) is 0 Å². The molecule has 0 aromatic rings. The Morgan fingerprint density at radius 2 is 2.20 bits per heavy atom. The monoisotopic (exact) mass is 142 g/mol. The molecule has 10 heavy (non-hydrogen) atoms. The van der Waals surface area contributed by atoms with Crippen molar-refractivity contribution in [2.45, 2.75) is 27.2 Å². The number of oxime groups is 1. The van der Waals surface area contributed by atoms with Gasteiger partial charge in [-0.3, -0.25) is 0 Å². The molecule has 0 heterocycles. The fraction of sp³-hybridized carbons (Fsp3) is 0.750. The van der Waals surface area contributed by atoms with Crippen molar-refractivity contribution in [3.63, 3.8) is 0 Å². The van der Waals surface area contributed by atoms with Crippen LogP contribution >= 0.6 is 0 Å². The Morgan fingerprint density at radius 1 is 1.60 bits per heavy atom. The Hall–Kier alpha value is -0.530. The molecular formula is C8H16NO. The maximum atomic E-state index is 4.97. The summed E-state index contributed by atoms with van der Waals surface area (Å²) in [6.45, 7) is 10.5. The van der Waals surface area contributed by atoms with Crippen LogP contribution in [0, 0.1) is 12.8 Å². The molecule has 0 aliphatic carbocycles. The third kappa shape index (κ3) is 5.60. The van der Waals surface area contributed by atoms with Gasteiger partial charge in [0.25, 0.3) is 0 Å². The number of hydrogen-bond acceptors (Lipinski definition) is 2. The molecule has 0 atom stereocenters. The molecule has 0 aromatic carbocycles. The van der Waals surface area contributed by atoms with Crippen LogP contribution in [0.4, 0.5) is 0 Å². The molecule has 0 spiro atoms. The summed E-state index contributed by atoms with van der Waals surface area (Å²) in [5, 5.41) is 3.79. The highest BCUT2D eigenvalue weighted by Gasteiger charge is 1.91. The average molecular weight is 142 g/mol. The molecule has 0 fully saturated rings. The maximum Gasteiger partial charge on any atom is 0.119 e. The summed E-state index contributed by atoms with van der Waals surface area (Å²) in [6.07, 6.45) is 0.859. The van der Waals surface area contributed by atoms with Crippen molar-refractivity contribution in [2.24, 2.45) is 11.1 Å². The Labute approximate surface area is 63.3 Å². The highest BCUT2D eigenvalue weighted by molar-refractivity contribution is 5.87. The summed E-state index contributed by atoms with van der Waals surface area (Å²) in [5.41, 5.74) is 0.806. The van der Waals surface area contributed by atoms with Gasteiger partial charge in [-0.2, -0.15) is 0 Å². The topological polar surface area (TPSA) is 21.6 Å². The van der Waals surface area contributed by atoms with Gasteiger partial charge < -0.3 is 4.84 Å². The van der Waals surface area contributed by atoms with Crippen LogP contribution in [-0.2, 0) is 4.84 Å². The molecule has 2 heteroatoms. The fourth-order valence-electron chi connectivity index (χ4n) is 0.342. The van der Waals surface area contributed by atoms with Crippen LogP contribution in [-0.4, -0.2) is 12.3 Å². The summed E-state index contributed by atoms with van der Waals surface area (Å²) in [7, 11) is 0. The summed E-state index contributed by atoms with van der Waals surface area (Å²) in [6, 6.07) is 0. The van der Waals surface area contributed by atoms with Gasteiger partial charge in [-0.15, -0.1) is 0 Å². The first-order valence-electron chi connectivity index (χ1n) is 3.67. The molecule has 0 saturated carbocycles. The van der Waals surface area contributed by atoms with Gasteiger partial charge in [0, 0.05) is 0 Å². The van der Waals surface area contributed by atoms with Gasteiger partial charge in [-0.05, 0) is 19.3 Å². The van der Waals surface area contributed by atoms with Crippen molar-refractivity contribution in [3.05, 3.63) is 6.92 Å². The predicted octanol–water partition coefficient (Wildman–Crippen LogP) is 2.26. The smallest absolute Gasteiger partial charge is 0.119 e.